The van der Waals surface area contributed by atoms with Crippen LogP contribution in [0.1, 0.15) is 22.3 Å². The molecule has 0 bridgehead atoms. The average Bonchev–Trinajstić information content (AvgIpc) is 4.09. The molecule has 0 amide bonds. The molecule has 1 spiro atoms. The Bertz CT molecular complexity index is 3790. The van der Waals surface area contributed by atoms with Gasteiger partial charge in [-0.1, -0.05) is 176 Å². The van der Waals surface area contributed by atoms with Gasteiger partial charge < -0.3 is 13.7 Å². The van der Waals surface area contributed by atoms with Gasteiger partial charge in [0, 0.05) is 44.0 Å². The Hall–Kier alpha value is -8.40. The largest absolute Gasteiger partial charge is 0.456 e. The van der Waals surface area contributed by atoms with Crippen molar-refractivity contribution in [2.75, 3.05) is 4.90 Å². The highest BCUT2D eigenvalue weighted by Gasteiger charge is 2.51. The Morgan fingerprint density at radius 2 is 0.859 bits per heavy atom. The van der Waals surface area contributed by atoms with Crippen LogP contribution >= 0.6 is 0 Å². The van der Waals surface area contributed by atoms with Crippen molar-refractivity contribution in [1.82, 2.24) is 0 Å². The molecule has 64 heavy (non-hydrogen) atoms. The first-order chi connectivity index (χ1) is 31.8. The van der Waals surface area contributed by atoms with Crippen molar-refractivity contribution >= 4 is 60.9 Å². The summed E-state index contributed by atoms with van der Waals surface area (Å²) in [4.78, 5) is 2.45. The summed E-state index contributed by atoms with van der Waals surface area (Å²) in [7, 11) is 0. The van der Waals surface area contributed by atoms with Crippen LogP contribution in [0.3, 0.4) is 0 Å². The molecule has 2 aromatic heterocycles. The van der Waals surface area contributed by atoms with E-state index in [0.29, 0.717) is 0 Å². The zero-order chi connectivity index (χ0) is 41.9. The molecule has 14 rings (SSSR count). The minimum Gasteiger partial charge on any atom is -0.456 e. The minimum atomic E-state index is -0.476. The zero-order valence-corrected chi connectivity index (χ0v) is 34.6. The number of benzene rings is 10. The second-order valence-electron chi connectivity index (χ2n) is 17.1. The van der Waals surface area contributed by atoms with Crippen LogP contribution in [-0.2, 0) is 5.41 Å². The zero-order valence-electron chi connectivity index (χ0n) is 34.6. The second-order valence-corrected chi connectivity index (χ2v) is 17.1. The summed E-state index contributed by atoms with van der Waals surface area (Å²) in [6, 6.07) is 81.4. The Morgan fingerprint density at radius 1 is 0.328 bits per heavy atom. The lowest BCUT2D eigenvalue weighted by Gasteiger charge is -2.32. The highest BCUT2D eigenvalue weighted by molar-refractivity contribution is 6.23. The summed E-state index contributed by atoms with van der Waals surface area (Å²) >= 11 is 0. The second kappa shape index (κ2) is 13.3. The number of anilines is 3. The Morgan fingerprint density at radius 3 is 1.56 bits per heavy atom. The standard InChI is InChI=1S/C61H37NO2/c1-3-17-38(18-4-1)42-21-10-15-29-54(42)62(41-31-33-46-45-24-9-14-28-52(45)61(53(46)36-41)50-26-12-7-22-43(50)44-23-8-13-27-51(44)61)40-32-34-56-48(35-40)49-37-57-59(47-25-11-16-30-55(47)63-57)58(60(49)64-56)39-19-5-2-6-20-39/h1-37H. The van der Waals surface area contributed by atoms with Crippen LogP contribution in [-0.4, -0.2) is 0 Å². The van der Waals surface area contributed by atoms with E-state index >= 15 is 0 Å². The summed E-state index contributed by atoms with van der Waals surface area (Å²) in [5.74, 6) is 0. The first kappa shape index (κ1) is 35.2. The molecule has 0 atom stereocenters. The van der Waals surface area contributed by atoms with E-state index < -0.39 is 5.41 Å². The summed E-state index contributed by atoms with van der Waals surface area (Å²) in [5, 5.41) is 4.18. The van der Waals surface area contributed by atoms with Crippen LogP contribution in [0.25, 0.3) is 88.4 Å². The topological polar surface area (TPSA) is 29.5 Å². The number of hydrogen-bond acceptors (Lipinski definition) is 3. The van der Waals surface area contributed by atoms with E-state index in [1.807, 2.05) is 12.1 Å². The van der Waals surface area contributed by atoms with E-state index in [9.17, 15) is 0 Å². The normalized spacial score (nSPS) is 13.1. The van der Waals surface area contributed by atoms with Crippen molar-refractivity contribution < 1.29 is 8.83 Å². The van der Waals surface area contributed by atoms with Crippen molar-refractivity contribution in [2.45, 2.75) is 5.41 Å². The molecule has 2 aliphatic rings. The lowest BCUT2D eigenvalue weighted by atomic mass is 9.70. The lowest BCUT2D eigenvalue weighted by molar-refractivity contribution is 0.664. The molecule has 0 N–H and O–H groups in total. The van der Waals surface area contributed by atoms with E-state index in [0.717, 1.165) is 83.2 Å². The predicted molar refractivity (Wildman–Crippen MR) is 263 cm³/mol. The highest BCUT2D eigenvalue weighted by atomic mass is 16.3. The molecule has 0 radical (unpaired) electrons. The van der Waals surface area contributed by atoms with Gasteiger partial charge in [0.2, 0.25) is 0 Å². The molecule has 0 saturated heterocycles. The summed E-state index contributed by atoms with van der Waals surface area (Å²) < 4.78 is 13.6. The van der Waals surface area contributed by atoms with Crippen molar-refractivity contribution in [1.29, 1.82) is 0 Å². The maximum absolute atomic E-state index is 6.97. The first-order valence-corrected chi connectivity index (χ1v) is 22.0. The molecule has 2 heterocycles. The fourth-order valence-corrected chi connectivity index (χ4v) is 11.3. The van der Waals surface area contributed by atoms with Gasteiger partial charge >= 0.3 is 0 Å². The van der Waals surface area contributed by atoms with Gasteiger partial charge in [0.1, 0.15) is 22.3 Å². The Balaban J connectivity index is 1.05. The summed E-state index contributed by atoms with van der Waals surface area (Å²) in [6.45, 7) is 0. The quantitative estimate of drug-likeness (QED) is 0.173. The van der Waals surface area contributed by atoms with E-state index in [2.05, 4.69) is 217 Å². The molecular weight excluding hydrogens is 779 g/mol. The van der Waals surface area contributed by atoms with Gasteiger partial charge in [0.05, 0.1) is 11.1 Å². The van der Waals surface area contributed by atoms with Gasteiger partial charge in [-0.15, -0.1) is 0 Å². The van der Waals surface area contributed by atoms with Crippen LogP contribution in [0.4, 0.5) is 17.1 Å². The van der Waals surface area contributed by atoms with Gasteiger partial charge in [0.25, 0.3) is 0 Å². The number of rotatable bonds is 5. The van der Waals surface area contributed by atoms with E-state index in [1.165, 1.54) is 44.5 Å². The third-order valence-electron chi connectivity index (χ3n) is 13.9. The summed E-state index contributed by atoms with van der Waals surface area (Å²) in [5.41, 5.74) is 20.9. The highest BCUT2D eigenvalue weighted by Crippen LogP contribution is 2.63. The molecule has 10 aromatic carbocycles. The molecule has 12 aromatic rings. The smallest absolute Gasteiger partial charge is 0.144 e. The van der Waals surface area contributed by atoms with Gasteiger partial charge in [-0.25, -0.2) is 0 Å². The van der Waals surface area contributed by atoms with Crippen LogP contribution in [0, 0.1) is 0 Å². The molecule has 0 saturated carbocycles. The molecular formula is C61H37NO2. The number of para-hydroxylation sites is 2. The van der Waals surface area contributed by atoms with Crippen molar-refractivity contribution in [3.8, 4) is 44.5 Å². The van der Waals surface area contributed by atoms with E-state index in [-0.39, 0.29) is 0 Å². The molecule has 0 unspecified atom stereocenters. The lowest BCUT2D eigenvalue weighted by Crippen LogP contribution is -2.26. The third kappa shape index (κ3) is 4.76. The monoisotopic (exact) mass is 815 g/mol. The predicted octanol–water partition coefficient (Wildman–Crippen LogP) is 16.6. The van der Waals surface area contributed by atoms with E-state index in [1.54, 1.807) is 0 Å². The fourth-order valence-electron chi connectivity index (χ4n) is 11.3. The SMILES string of the molecule is c1ccc(-c2ccccc2N(c2ccc3c(c2)C2(c4ccccc4-c4ccccc42)c2ccccc2-3)c2ccc3oc4c(-c5ccccc5)c5c(cc4c3c2)oc2ccccc25)cc1. The minimum absolute atomic E-state index is 0.476. The molecule has 0 fully saturated rings. The maximum Gasteiger partial charge on any atom is 0.144 e. The first-order valence-electron chi connectivity index (χ1n) is 22.0. The Kier molecular flexibility index (Phi) is 7.32. The number of hydrogen-bond donors (Lipinski definition) is 0. The molecule has 298 valence electrons. The van der Waals surface area contributed by atoms with Crippen LogP contribution < -0.4 is 4.90 Å². The maximum atomic E-state index is 6.97. The Labute approximate surface area is 369 Å². The number of nitrogens with zero attached hydrogens (tertiary/aromatic N) is 1. The van der Waals surface area contributed by atoms with E-state index in [4.69, 9.17) is 8.83 Å². The molecule has 0 aliphatic heterocycles. The summed E-state index contributed by atoms with van der Waals surface area (Å²) in [6.07, 6.45) is 0. The van der Waals surface area contributed by atoms with Gasteiger partial charge in [-0.05, 0) is 104 Å². The van der Waals surface area contributed by atoms with Crippen LogP contribution in [0.2, 0.25) is 0 Å². The molecule has 2 aliphatic carbocycles. The molecule has 3 heteroatoms. The van der Waals surface area contributed by atoms with Crippen molar-refractivity contribution in [2.24, 2.45) is 0 Å². The number of fused-ring (bicyclic) bond motifs is 16. The van der Waals surface area contributed by atoms with Crippen molar-refractivity contribution in [3.63, 3.8) is 0 Å². The van der Waals surface area contributed by atoms with Gasteiger partial charge in [-0.2, -0.15) is 0 Å². The van der Waals surface area contributed by atoms with Gasteiger partial charge in [0.15, 0.2) is 0 Å². The van der Waals surface area contributed by atoms with Crippen LogP contribution in [0.15, 0.2) is 233 Å². The third-order valence-corrected chi connectivity index (χ3v) is 13.9. The molecule has 3 nitrogen and oxygen atoms in total. The average molecular weight is 816 g/mol. The number of furan rings is 2. The van der Waals surface area contributed by atoms with Crippen LogP contribution in [0.5, 0.6) is 0 Å². The fraction of sp³-hybridized carbons (Fsp3) is 0.0164. The van der Waals surface area contributed by atoms with Gasteiger partial charge in [-0.3, -0.25) is 0 Å². The van der Waals surface area contributed by atoms with Crippen molar-refractivity contribution in [3.05, 3.63) is 247 Å².